The molecule has 3 fully saturated rings. The Bertz CT molecular complexity index is 995. The summed E-state index contributed by atoms with van der Waals surface area (Å²) in [4.78, 5) is 43.9. The van der Waals surface area contributed by atoms with Crippen LogP contribution in [0.5, 0.6) is 0 Å². The topological polar surface area (TPSA) is 88.6 Å². The summed E-state index contributed by atoms with van der Waals surface area (Å²) in [5, 5.41) is 0. The molecule has 4 rings (SSSR count). The highest BCUT2D eigenvalue weighted by Gasteiger charge is 2.50. The quantitative estimate of drug-likeness (QED) is 0.624. The van der Waals surface area contributed by atoms with Crippen LogP contribution < -0.4 is 4.90 Å². The predicted octanol–water partition coefficient (Wildman–Crippen LogP) is 3.52. The Morgan fingerprint density at radius 3 is 2.31 bits per heavy atom. The van der Waals surface area contributed by atoms with E-state index in [-0.39, 0.29) is 23.8 Å². The van der Waals surface area contributed by atoms with Crippen LogP contribution in [0.4, 0.5) is 10.5 Å². The Morgan fingerprint density at radius 1 is 1.00 bits per heavy atom. The molecule has 3 aliphatic rings. The molecular formula is C27H39N3O6. The van der Waals surface area contributed by atoms with Crippen molar-refractivity contribution in [1.82, 2.24) is 9.80 Å². The lowest BCUT2D eigenvalue weighted by atomic mass is 10.0. The molecule has 0 bridgehead atoms. The molecule has 198 valence electrons. The molecule has 0 aromatic heterocycles. The molecule has 1 aromatic rings. The van der Waals surface area contributed by atoms with Gasteiger partial charge in [-0.25, -0.2) is 4.79 Å². The standard InChI is InChI=1S/C27H39N3O6/c1-18(31)22-23(35-27(5,6)34-22)24(32)30-12-8-11-21(30)19-9-7-10-20(17-19)28-13-15-29(16-14-28)25(33)36-26(2,3)4/h7,9-10,17,21-23H,8,11-16H2,1-6H3/t21?,22-,23+/m0/s1. The second kappa shape index (κ2) is 10.0. The number of benzene rings is 1. The van der Waals surface area contributed by atoms with Crippen molar-refractivity contribution in [2.45, 2.75) is 84.0 Å². The van der Waals surface area contributed by atoms with Gasteiger partial charge in [-0.15, -0.1) is 0 Å². The van der Waals surface area contributed by atoms with Gasteiger partial charge in [0.1, 0.15) is 5.60 Å². The maximum absolute atomic E-state index is 13.5. The summed E-state index contributed by atoms with van der Waals surface area (Å²) in [5.41, 5.74) is 1.62. The third kappa shape index (κ3) is 5.83. The number of hydrogen-bond donors (Lipinski definition) is 0. The van der Waals surface area contributed by atoms with Crippen molar-refractivity contribution in [2.75, 3.05) is 37.6 Å². The highest BCUT2D eigenvalue weighted by molar-refractivity contribution is 5.91. The summed E-state index contributed by atoms with van der Waals surface area (Å²) in [5.74, 6) is -1.38. The number of ketones is 1. The first-order valence-corrected chi connectivity index (χ1v) is 12.8. The van der Waals surface area contributed by atoms with E-state index in [0.717, 1.165) is 24.1 Å². The molecular weight excluding hydrogens is 462 g/mol. The minimum Gasteiger partial charge on any atom is -0.444 e. The number of piperazine rings is 1. The maximum Gasteiger partial charge on any atom is 0.410 e. The zero-order valence-corrected chi connectivity index (χ0v) is 22.3. The van der Waals surface area contributed by atoms with Gasteiger partial charge in [0.15, 0.2) is 23.8 Å². The van der Waals surface area contributed by atoms with E-state index < -0.39 is 23.6 Å². The van der Waals surface area contributed by atoms with Gasteiger partial charge in [-0.2, -0.15) is 0 Å². The van der Waals surface area contributed by atoms with E-state index in [9.17, 15) is 14.4 Å². The van der Waals surface area contributed by atoms with E-state index in [4.69, 9.17) is 14.2 Å². The molecule has 0 N–H and O–H groups in total. The number of nitrogens with zero attached hydrogens (tertiary/aromatic N) is 3. The van der Waals surface area contributed by atoms with Gasteiger partial charge in [0.25, 0.3) is 5.91 Å². The summed E-state index contributed by atoms with van der Waals surface area (Å²) in [6, 6.07) is 8.19. The maximum atomic E-state index is 13.5. The van der Waals surface area contributed by atoms with Crippen LogP contribution in [-0.4, -0.2) is 83.9 Å². The summed E-state index contributed by atoms with van der Waals surface area (Å²) in [6.45, 7) is 13.7. The second-order valence-electron chi connectivity index (χ2n) is 11.3. The average Bonchev–Trinajstić information content (AvgIpc) is 3.42. The Kier molecular flexibility index (Phi) is 7.35. The van der Waals surface area contributed by atoms with Gasteiger partial charge < -0.3 is 28.9 Å². The average molecular weight is 502 g/mol. The molecule has 3 aliphatic heterocycles. The van der Waals surface area contributed by atoms with Gasteiger partial charge in [-0.1, -0.05) is 12.1 Å². The SMILES string of the molecule is CC(=O)[C@@H]1OC(C)(C)O[C@H]1C(=O)N1CCCC1c1cccc(N2CCN(C(=O)OC(C)(C)C)CC2)c1. The van der Waals surface area contributed by atoms with Crippen molar-refractivity contribution in [2.24, 2.45) is 0 Å². The number of ether oxygens (including phenoxy) is 3. The monoisotopic (exact) mass is 501 g/mol. The fraction of sp³-hybridized carbons (Fsp3) is 0.667. The van der Waals surface area contributed by atoms with Crippen molar-refractivity contribution in [1.29, 1.82) is 0 Å². The zero-order chi connectivity index (χ0) is 26.3. The largest absolute Gasteiger partial charge is 0.444 e. The number of anilines is 1. The Labute approximate surface area is 213 Å². The van der Waals surface area contributed by atoms with Gasteiger partial charge in [0, 0.05) is 38.4 Å². The normalized spacial score (nSPS) is 26.3. The van der Waals surface area contributed by atoms with Gasteiger partial charge in [-0.3, -0.25) is 9.59 Å². The van der Waals surface area contributed by atoms with E-state index in [1.165, 1.54) is 6.92 Å². The van der Waals surface area contributed by atoms with Crippen molar-refractivity contribution >= 4 is 23.5 Å². The third-order valence-electron chi connectivity index (χ3n) is 6.83. The molecule has 0 spiro atoms. The lowest BCUT2D eigenvalue weighted by molar-refractivity contribution is -0.163. The second-order valence-corrected chi connectivity index (χ2v) is 11.3. The van der Waals surface area contributed by atoms with Gasteiger partial charge in [0.05, 0.1) is 6.04 Å². The smallest absolute Gasteiger partial charge is 0.410 e. The van der Waals surface area contributed by atoms with Crippen molar-refractivity contribution < 1.29 is 28.6 Å². The molecule has 0 aliphatic carbocycles. The van der Waals surface area contributed by atoms with Crippen LogP contribution in [0, 0.1) is 0 Å². The van der Waals surface area contributed by atoms with Crippen LogP contribution in [0.3, 0.4) is 0 Å². The lowest BCUT2D eigenvalue weighted by Crippen LogP contribution is -2.50. The number of rotatable bonds is 4. The van der Waals surface area contributed by atoms with Gasteiger partial charge in [-0.05, 0) is 72.1 Å². The molecule has 3 heterocycles. The van der Waals surface area contributed by atoms with Crippen LogP contribution in [0.15, 0.2) is 24.3 Å². The number of amides is 2. The summed E-state index contributed by atoms with van der Waals surface area (Å²) in [7, 11) is 0. The zero-order valence-electron chi connectivity index (χ0n) is 22.3. The van der Waals surface area contributed by atoms with Crippen molar-refractivity contribution in [3.8, 4) is 0 Å². The van der Waals surface area contributed by atoms with E-state index in [2.05, 4.69) is 23.1 Å². The highest BCUT2D eigenvalue weighted by atomic mass is 16.8. The third-order valence-corrected chi connectivity index (χ3v) is 6.83. The minimum absolute atomic E-state index is 0.0829. The van der Waals surface area contributed by atoms with Crippen molar-refractivity contribution in [3.05, 3.63) is 29.8 Å². The Morgan fingerprint density at radius 2 is 1.67 bits per heavy atom. The number of hydrogen-bond acceptors (Lipinski definition) is 7. The van der Waals surface area contributed by atoms with E-state index >= 15 is 0 Å². The van der Waals surface area contributed by atoms with Crippen LogP contribution in [0.25, 0.3) is 0 Å². The van der Waals surface area contributed by atoms with Crippen LogP contribution in [0.1, 0.15) is 66.0 Å². The van der Waals surface area contributed by atoms with E-state index in [1.807, 2.05) is 31.7 Å². The summed E-state index contributed by atoms with van der Waals surface area (Å²) >= 11 is 0. The molecule has 36 heavy (non-hydrogen) atoms. The molecule has 1 unspecified atom stereocenters. The molecule has 3 saturated heterocycles. The number of carbonyl (C=O) groups excluding carboxylic acids is 3. The number of likely N-dealkylation sites (tertiary alicyclic amines) is 1. The van der Waals surface area contributed by atoms with Crippen LogP contribution in [-0.2, 0) is 23.8 Å². The van der Waals surface area contributed by atoms with Gasteiger partial charge in [0.2, 0.25) is 0 Å². The number of Topliss-reactive ketones (excluding diaryl/α,β-unsaturated/α-hetero) is 1. The summed E-state index contributed by atoms with van der Waals surface area (Å²) < 4.78 is 17.1. The fourth-order valence-corrected chi connectivity index (χ4v) is 5.18. The predicted molar refractivity (Wildman–Crippen MR) is 135 cm³/mol. The van der Waals surface area contributed by atoms with Crippen LogP contribution >= 0.6 is 0 Å². The summed E-state index contributed by atoms with van der Waals surface area (Å²) in [6.07, 6.45) is -0.357. The lowest BCUT2D eigenvalue weighted by Gasteiger charge is -2.37. The van der Waals surface area contributed by atoms with Gasteiger partial charge >= 0.3 is 6.09 Å². The first kappa shape index (κ1) is 26.4. The number of carbonyl (C=O) groups is 3. The fourth-order valence-electron chi connectivity index (χ4n) is 5.18. The highest BCUT2D eigenvalue weighted by Crippen LogP contribution is 2.37. The van der Waals surface area contributed by atoms with Crippen molar-refractivity contribution in [3.63, 3.8) is 0 Å². The first-order chi connectivity index (χ1) is 16.8. The molecule has 9 heteroatoms. The molecule has 0 radical (unpaired) electrons. The molecule has 0 saturated carbocycles. The molecule has 1 aromatic carbocycles. The molecule has 3 atom stereocenters. The first-order valence-electron chi connectivity index (χ1n) is 12.8. The molecule has 9 nitrogen and oxygen atoms in total. The minimum atomic E-state index is -0.979. The molecule has 2 amide bonds. The Hall–Kier alpha value is -2.65. The van der Waals surface area contributed by atoms with Crippen LogP contribution in [0.2, 0.25) is 0 Å². The Balaban J connectivity index is 1.44. The van der Waals surface area contributed by atoms with E-state index in [1.54, 1.807) is 18.7 Å². The van der Waals surface area contributed by atoms with E-state index in [0.29, 0.717) is 32.7 Å².